The zero-order chi connectivity index (χ0) is 26.8. The average Bonchev–Trinajstić information content (AvgIpc) is 3.39. The molecule has 0 radical (unpaired) electrons. The second-order valence-corrected chi connectivity index (χ2v) is 8.77. The Morgan fingerprint density at radius 3 is 2.57 bits per heavy atom. The number of hydrogen-bond donors (Lipinski definition) is 2. The van der Waals surface area contributed by atoms with Crippen molar-refractivity contribution in [1.82, 2.24) is 34.5 Å². The molecule has 5 rings (SSSR count). The first-order valence-corrected chi connectivity index (χ1v) is 10.8. The summed E-state index contributed by atoms with van der Waals surface area (Å²) in [5.74, 6) is -5.66. The van der Waals surface area contributed by atoms with Crippen LogP contribution in [0, 0.1) is 6.92 Å². The van der Waals surface area contributed by atoms with E-state index in [4.69, 9.17) is 0 Å². The van der Waals surface area contributed by atoms with Gasteiger partial charge < -0.3 is 10.3 Å². The largest absolute Gasteiger partial charge is 0.453 e. The maximum atomic E-state index is 13.5. The third kappa shape index (κ3) is 3.90. The number of pyridine rings is 1. The molecule has 5 heterocycles. The maximum Gasteiger partial charge on any atom is 0.453 e. The van der Waals surface area contributed by atoms with Gasteiger partial charge in [0.25, 0.3) is 5.56 Å². The van der Waals surface area contributed by atoms with E-state index in [9.17, 15) is 31.5 Å². The fourth-order valence-electron chi connectivity index (χ4n) is 4.19. The Balaban J connectivity index is 1.58. The molecule has 15 heteroatoms. The third-order valence-electron chi connectivity index (χ3n) is 6.22. The minimum Gasteiger partial charge on any atom is -0.309 e. The molecule has 0 spiro atoms. The topological polar surface area (TPSA) is 131 Å². The number of carbonyl (C=O) groups is 1. The predicted molar refractivity (Wildman–Crippen MR) is 118 cm³/mol. The molecule has 192 valence electrons. The van der Waals surface area contributed by atoms with Crippen LogP contribution in [0.5, 0.6) is 0 Å². The molecule has 1 atom stereocenters. The number of amides is 1. The molecule has 4 aromatic heterocycles. The van der Waals surface area contributed by atoms with E-state index < -0.39 is 41.8 Å². The van der Waals surface area contributed by atoms with Gasteiger partial charge in [0.15, 0.2) is 11.5 Å². The highest BCUT2D eigenvalue weighted by molar-refractivity contribution is 6.07. The summed E-state index contributed by atoms with van der Waals surface area (Å²) >= 11 is 0. The van der Waals surface area contributed by atoms with Gasteiger partial charge in [0.1, 0.15) is 23.3 Å². The van der Waals surface area contributed by atoms with Crippen molar-refractivity contribution in [3.63, 3.8) is 0 Å². The molecule has 1 aliphatic heterocycles. The van der Waals surface area contributed by atoms with E-state index in [0.717, 1.165) is 16.4 Å². The fourth-order valence-corrected chi connectivity index (χ4v) is 4.19. The Morgan fingerprint density at radius 1 is 1.11 bits per heavy atom. The van der Waals surface area contributed by atoms with Gasteiger partial charge in [-0.25, -0.2) is 19.5 Å². The van der Waals surface area contributed by atoms with Crippen LogP contribution in [0.1, 0.15) is 35.7 Å². The molecule has 0 aromatic carbocycles. The Hall–Kier alpha value is -4.30. The van der Waals surface area contributed by atoms with Crippen LogP contribution in [0.2, 0.25) is 0 Å². The number of hydrogen-bond acceptors (Lipinski definition) is 7. The van der Waals surface area contributed by atoms with E-state index in [-0.39, 0.29) is 34.2 Å². The minimum absolute atomic E-state index is 0.0296. The Kier molecular flexibility index (Phi) is 5.35. The standard InChI is InChI=1S/C22H17F5N8O2/c1-10-5-11(7-28-6-10)20(2)14-16(34-19(20)37)32-15(33-18(14)36)13-8-35-17(29-9-30-35)12(31-13)3-4-21(23,24)22(25,26)27/h5-9H,3-4H2,1-2H3,(H2,32,33,34,36,37). The Labute approximate surface area is 204 Å². The number of rotatable bonds is 5. The number of nitrogens with one attached hydrogen (secondary N) is 2. The molecule has 0 fully saturated rings. The molecule has 4 aromatic rings. The average molecular weight is 520 g/mol. The van der Waals surface area contributed by atoms with Crippen LogP contribution in [-0.2, 0) is 16.6 Å². The highest BCUT2D eigenvalue weighted by Crippen LogP contribution is 2.41. The molecule has 37 heavy (non-hydrogen) atoms. The summed E-state index contributed by atoms with van der Waals surface area (Å²) in [6.45, 7) is 3.34. The van der Waals surface area contributed by atoms with Crippen LogP contribution in [0.25, 0.3) is 17.2 Å². The van der Waals surface area contributed by atoms with Gasteiger partial charge >= 0.3 is 12.1 Å². The summed E-state index contributed by atoms with van der Waals surface area (Å²) in [6.07, 6.45) is -2.65. The van der Waals surface area contributed by atoms with Crippen molar-refractivity contribution in [2.45, 2.75) is 44.2 Å². The monoisotopic (exact) mass is 520 g/mol. The van der Waals surface area contributed by atoms with Crippen LogP contribution >= 0.6 is 0 Å². The van der Waals surface area contributed by atoms with Crippen molar-refractivity contribution in [2.75, 3.05) is 5.32 Å². The number of H-pyrrole nitrogens is 1. The van der Waals surface area contributed by atoms with Gasteiger partial charge in [0, 0.05) is 18.8 Å². The fraction of sp³-hybridized carbons (Fsp3) is 0.318. The molecule has 0 aliphatic carbocycles. The lowest BCUT2D eigenvalue weighted by Crippen LogP contribution is -2.36. The van der Waals surface area contributed by atoms with Crippen LogP contribution in [0.3, 0.4) is 0 Å². The van der Waals surface area contributed by atoms with E-state index in [1.807, 2.05) is 0 Å². The second kappa shape index (κ2) is 8.11. The first-order valence-electron chi connectivity index (χ1n) is 10.8. The maximum absolute atomic E-state index is 13.5. The Morgan fingerprint density at radius 2 is 1.86 bits per heavy atom. The normalized spacial score (nSPS) is 17.8. The highest BCUT2D eigenvalue weighted by atomic mass is 19.4. The lowest BCUT2D eigenvalue weighted by atomic mass is 9.78. The molecular formula is C22H17F5N8O2. The molecule has 2 N–H and O–H groups in total. The van der Waals surface area contributed by atoms with Crippen molar-refractivity contribution >= 4 is 17.4 Å². The summed E-state index contributed by atoms with van der Waals surface area (Å²) in [7, 11) is 0. The van der Waals surface area contributed by atoms with E-state index in [1.165, 1.54) is 12.4 Å². The van der Waals surface area contributed by atoms with Gasteiger partial charge in [0.05, 0.1) is 17.5 Å². The molecule has 1 amide bonds. The summed E-state index contributed by atoms with van der Waals surface area (Å²) < 4.78 is 66.2. The molecule has 1 aliphatic rings. The van der Waals surface area contributed by atoms with Gasteiger partial charge in [-0.3, -0.25) is 14.6 Å². The highest BCUT2D eigenvalue weighted by Gasteiger charge is 2.56. The first-order chi connectivity index (χ1) is 17.3. The number of aromatic nitrogens is 7. The smallest absolute Gasteiger partial charge is 0.309 e. The van der Waals surface area contributed by atoms with E-state index in [1.54, 1.807) is 26.1 Å². The van der Waals surface area contributed by atoms with Crippen LogP contribution in [0.4, 0.5) is 27.8 Å². The Bertz CT molecular complexity index is 1610. The van der Waals surface area contributed by atoms with Gasteiger partial charge in [-0.15, -0.1) is 0 Å². The van der Waals surface area contributed by atoms with Crippen molar-refractivity contribution in [3.8, 4) is 11.5 Å². The zero-order valence-electron chi connectivity index (χ0n) is 19.2. The number of fused-ring (bicyclic) bond motifs is 2. The third-order valence-corrected chi connectivity index (χ3v) is 6.22. The number of aryl methyl sites for hydroxylation is 2. The predicted octanol–water partition coefficient (Wildman–Crippen LogP) is 2.97. The molecule has 0 bridgehead atoms. The number of carbonyl (C=O) groups excluding carboxylic acids is 1. The summed E-state index contributed by atoms with van der Waals surface area (Å²) in [6, 6.07) is 1.72. The zero-order valence-corrected chi connectivity index (χ0v) is 19.2. The van der Waals surface area contributed by atoms with Crippen LogP contribution in [0.15, 0.2) is 35.8 Å². The summed E-state index contributed by atoms with van der Waals surface area (Å²) in [5.41, 5.74) is -1.10. The van der Waals surface area contributed by atoms with Crippen molar-refractivity contribution in [2.24, 2.45) is 0 Å². The minimum atomic E-state index is -5.72. The summed E-state index contributed by atoms with van der Waals surface area (Å²) in [4.78, 5) is 45.1. The number of anilines is 1. The van der Waals surface area contributed by atoms with Gasteiger partial charge in [-0.05, 0) is 31.4 Å². The SMILES string of the molecule is Cc1cncc(C2(C)C(=O)Nc3nc(-c4cn5ncnc5c(CCC(F)(F)C(F)(F)F)n4)[nH]c(=O)c32)c1. The number of nitrogens with zero attached hydrogens (tertiary/aromatic N) is 6. The van der Waals surface area contributed by atoms with E-state index in [0.29, 0.717) is 5.56 Å². The van der Waals surface area contributed by atoms with Crippen LogP contribution in [-0.4, -0.2) is 52.5 Å². The quantitative estimate of drug-likeness (QED) is 0.387. The number of aromatic amines is 1. The first kappa shape index (κ1) is 24.4. The lowest BCUT2D eigenvalue weighted by Gasteiger charge is -2.21. The number of halogens is 5. The van der Waals surface area contributed by atoms with Crippen molar-refractivity contribution in [1.29, 1.82) is 0 Å². The molecule has 10 nitrogen and oxygen atoms in total. The van der Waals surface area contributed by atoms with E-state index >= 15 is 0 Å². The number of alkyl halides is 5. The molecule has 1 unspecified atom stereocenters. The summed E-state index contributed by atoms with van der Waals surface area (Å²) in [5, 5.41) is 6.48. The molecular weight excluding hydrogens is 503 g/mol. The van der Waals surface area contributed by atoms with Gasteiger partial charge in [-0.2, -0.15) is 27.1 Å². The van der Waals surface area contributed by atoms with E-state index in [2.05, 4.69) is 35.3 Å². The van der Waals surface area contributed by atoms with Gasteiger partial charge in [0.2, 0.25) is 5.91 Å². The second-order valence-electron chi connectivity index (χ2n) is 8.77. The van der Waals surface area contributed by atoms with Crippen molar-refractivity contribution in [3.05, 3.63) is 63.7 Å². The van der Waals surface area contributed by atoms with Crippen LogP contribution < -0.4 is 10.9 Å². The van der Waals surface area contributed by atoms with Gasteiger partial charge in [-0.1, -0.05) is 6.07 Å². The lowest BCUT2D eigenvalue weighted by molar-refractivity contribution is -0.284. The van der Waals surface area contributed by atoms with Crippen molar-refractivity contribution < 1.29 is 26.7 Å². The molecule has 0 saturated carbocycles. The molecule has 0 saturated heterocycles.